The number of benzene rings is 1. The summed E-state index contributed by atoms with van der Waals surface area (Å²) in [5.41, 5.74) is 7.25. The van der Waals surface area contributed by atoms with Crippen LogP contribution in [0.15, 0.2) is 40.5 Å². The van der Waals surface area contributed by atoms with Gasteiger partial charge >= 0.3 is 0 Å². The molecular weight excluding hydrogens is 348 g/mol. The molecular formula is C19H20N4O2S. The highest BCUT2D eigenvalue weighted by atomic mass is 32.1. The molecule has 134 valence electrons. The molecule has 0 aliphatic carbocycles. The number of fused-ring (bicyclic) bond motifs is 1. The highest BCUT2D eigenvalue weighted by molar-refractivity contribution is 7.17. The molecule has 0 unspecified atom stereocenters. The van der Waals surface area contributed by atoms with Gasteiger partial charge in [-0.1, -0.05) is 30.3 Å². The third-order valence-corrected chi connectivity index (χ3v) is 5.73. The summed E-state index contributed by atoms with van der Waals surface area (Å²) in [5.74, 6) is 0.261. The van der Waals surface area contributed by atoms with Crippen LogP contribution in [0.2, 0.25) is 0 Å². The fourth-order valence-corrected chi connectivity index (χ4v) is 4.51. The van der Waals surface area contributed by atoms with Crippen molar-refractivity contribution in [1.82, 2.24) is 14.9 Å². The Hall–Kier alpha value is -2.51. The van der Waals surface area contributed by atoms with Crippen LogP contribution in [0.1, 0.15) is 18.7 Å². The van der Waals surface area contributed by atoms with Crippen LogP contribution in [-0.4, -0.2) is 33.9 Å². The summed E-state index contributed by atoms with van der Waals surface area (Å²) in [7, 11) is 0. The summed E-state index contributed by atoms with van der Waals surface area (Å²) in [6.07, 6.45) is 1.76. The third-order valence-electron chi connectivity index (χ3n) is 4.86. The molecule has 0 saturated carbocycles. The van der Waals surface area contributed by atoms with E-state index in [0.717, 1.165) is 35.3 Å². The molecule has 26 heavy (non-hydrogen) atoms. The van der Waals surface area contributed by atoms with Crippen LogP contribution in [0.5, 0.6) is 0 Å². The zero-order valence-corrected chi connectivity index (χ0v) is 15.1. The van der Waals surface area contributed by atoms with Gasteiger partial charge in [-0.3, -0.25) is 14.5 Å². The Balaban J connectivity index is 1.62. The molecule has 1 amide bonds. The molecule has 4 rings (SSSR count). The Morgan fingerprint density at radius 2 is 2.15 bits per heavy atom. The van der Waals surface area contributed by atoms with Crippen molar-refractivity contribution in [3.63, 3.8) is 0 Å². The van der Waals surface area contributed by atoms with Crippen molar-refractivity contribution < 1.29 is 4.79 Å². The largest absolute Gasteiger partial charge is 0.369 e. The predicted octanol–water partition coefficient (Wildman–Crippen LogP) is 2.35. The van der Waals surface area contributed by atoms with Crippen LogP contribution in [0.3, 0.4) is 0 Å². The average Bonchev–Trinajstić information content (AvgIpc) is 3.07. The van der Waals surface area contributed by atoms with E-state index >= 15 is 0 Å². The van der Waals surface area contributed by atoms with E-state index in [1.165, 1.54) is 11.3 Å². The van der Waals surface area contributed by atoms with Crippen molar-refractivity contribution in [3.05, 3.63) is 51.9 Å². The lowest BCUT2D eigenvalue weighted by molar-refractivity contribution is -0.123. The average molecular weight is 368 g/mol. The molecule has 1 aliphatic heterocycles. The van der Waals surface area contributed by atoms with E-state index in [1.807, 2.05) is 35.7 Å². The second-order valence-electron chi connectivity index (χ2n) is 6.68. The summed E-state index contributed by atoms with van der Waals surface area (Å²) in [6, 6.07) is 9.86. The first-order valence-electron chi connectivity index (χ1n) is 8.69. The minimum Gasteiger partial charge on any atom is -0.369 e. The lowest BCUT2D eigenvalue weighted by Crippen LogP contribution is -2.41. The number of rotatable bonds is 4. The Morgan fingerprint density at radius 3 is 2.92 bits per heavy atom. The van der Waals surface area contributed by atoms with Gasteiger partial charge in [0.25, 0.3) is 5.56 Å². The number of carbonyl (C=O) groups excluding carboxylic acids is 1. The molecule has 3 N–H and O–H groups in total. The zero-order valence-electron chi connectivity index (χ0n) is 14.3. The molecule has 3 aromatic rings. The minimum atomic E-state index is -0.252. The van der Waals surface area contributed by atoms with Crippen molar-refractivity contribution >= 4 is 27.5 Å². The number of carbonyl (C=O) groups is 1. The molecule has 1 aromatic carbocycles. The van der Waals surface area contributed by atoms with Crippen molar-refractivity contribution in [3.8, 4) is 11.1 Å². The van der Waals surface area contributed by atoms with E-state index in [-0.39, 0.29) is 17.4 Å². The first-order chi connectivity index (χ1) is 12.6. The number of H-pyrrole nitrogens is 1. The second kappa shape index (κ2) is 7.01. The maximum atomic E-state index is 12.7. The van der Waals surface area contributed by atoms with E-state index in [1.54, 1.807) is 0 Å². The van der Waals surface area contributed by atoms with Crippen LogP contribution >= 0.6 is 11.3 Å². The Morgan fingerprint density at radius 1 is 1.35 bits per heavy atom. The van der Waals surface area contributed by atoms with Gasteiger partial charge in [-0.2, -0.15) is 0 Å². The Kier molecular flexibility index (Phi) is 4.57. The molecule has 0 radical (unpaired) electrons. The van der Waals surface area contributed by atoms with Gasteiger partial charge in [-0.25, -0.2) is 4.98 Å². The number of amides is 1. The molecule has 0 bridgehead atoms. The molecule has 3 heterocycles. The van der Waals surface area contributed by atoms with Crippen LogP contribution in [0.4, 0.5) is 0 Å². The number of piperidine rings is 1. The number of nitrogens with one attached hydrogen (secondary N) is 1. The summed E-state index contributed by atoms with van der Waals surface area (Å²) < 4.78 is 0. The quantitative estimate of drug-likeness (QED) is 0.739. The molecule has 1 atom stereocenters. The van der Waals surface area contributed by atoms with Crippen LogP contribution in [0, 0.1) is 5.92 Å². The van der Waals surface area contributed by atoms with E-state index < -0.39 is 0 Å². The fourth-order valence-electron chi connectivity index (χ4n) is 3.54. The molecule has 1 fully saturated rings. The normalized spacial score (nSPS) is 18.2. The summed E-state index contributed by atoms with van der Waals surface area (Å²) in [4.78, 5) is 34.6. The number of hydrogen-bond donors (Lipinski definition) is 2. The number of aromatic amines is 1. The minimum absolute atomic E-state index is 0.117. The summed E-state index contributed by atoms with van der Waals surface area (Å²) >= 11 is 1.48. The highest BCUT2D eigenvalue weighted by Gasteiger charge is 2.24. The van der Waals surface area contributed by atoms with Gasteiger partial charge in [0.1, 0.15) is 10.7 Å². The zero-order chi connectivity index (χ0) is 18.1. The smallest absolute Gasteiger partial charge is 0.260 e. The molecule has 2 aromatic heterocycles. The van der Waals surface area contributed by atoms with Gasteiger partial charge in [0.05, 0.1) is 17.8 Å². The first kappa shape index (κ1) is 16.9. The lowest BCUT2D eigenvalue weighted by atomic mass is 9.97. The maximum Gasteiger partial charge on any atom is 0.260 e. The van der Waals surface area contributed by atoms with Gasteiger partial charge in [0, 0.05) is 17.5 Å². The van der Waals surface area contributed by atoms with Crippen molar-refractivity contribution in [2.45, 2.75) is 19.4 Å². The summed E-state index contributed by atoms with van der Waals surface area (Å²) in [5, 5.41) is 2.62. The number of primary amides is 1. The number of nitrogens with zero attached hydrogens (tertiary/aromatic N) is 2. The van der Waals surface area contributed by atoms with Gasteiger partial charge in [0.15, 0.2) is 0 Å². The monoisotopic (exact) mass is 368 g/mol. The second-order valence-corrected chi connectivity index (χ2v) is 7.54. The molecule has 1 aliphatic rings. The number of hydrogen-bond acceptors (Lipinski definition) is 5. The Bertz CT molecular complexity index is 996. The van der Waals surface area contributed by atoms with E-state index in [9.17, 15) is 9.59 Å². The first-order valence-corrected chi connectivity index (χ1v) is 9.57. The van der Waals surface area contributed by atoms with Gasteiger partial charge < -0.3 is 10.7 Å². The molecule has 6 nitrogen and oxygen atoms in total. The lowest BCUT2D eigenvalue weighted by Gasteiger charge is -2.30. The van der Waals surface area contributed by atoms with Crippen molar-refractivity contribution in [2.24, 2.45) is 11.7 Å². The maximum absolute atomic E-state index is 12.7. The van der Waals surface area contributed by atoms with Crippen molar-refractivity contribution in [1.29, 1.82) is 0 Å². The van der Waals surface area contributed by atoms with E-state index in [4.69, 9.17) is 5.73 Å². The molecule has 0 spiro atoms. The van der Waals surface area contributed by atoms with Gasteiger partial charge in [-0.15, -0.1) is 11.3 Å². The van der Waals surface area contributed by atoms with Crippen molar-refractivity contribution in [2.75, 3.05) is 13.1 Å². The summed E-state index contributed by atoms with van der Waals surface area (Å²) in [6.45, 7) is 2.02. The number of likely N-dealkylation sites (tertiary alicyclic amines) is 1. The standard InChI is InChI=1S/C19H20N4O2S/c20-17(24)13-7-4-8-23(9-13)10-15-21-18(25)16-14(11-26-19(16)22-15)12-5-2-1-3-6-12/h1-3,5-6,11,13H,4,7-10H2,(H2,20,24)(H,21,22,25)/t13-/m1/s1. The fraction of sp³-hybridized carbons (Fsp3) is 0.316. The topological polar surface area (TPSA) is 92.1 Å². The number of nitrogens with two attached hydrogens (primary N) is 1. The highest BCUT2D eigenvalue weighted by Crippen LogP contribution is 2.30. The Labute approximate surface area is 154 Å². The van der Waals surface area contributed by atoms with E-state index in [0.29, 0.717) is 24.3 Å². The SMILES string of the molecule is NC(=O)[C@@H]1CCCN(Cc2nc3scc(-c4ccccc4)c3c(=O)[nH]2)C1. The van der Waals surface area contributed by atoms with Crippen LogP contribution < -0.4 is 11.3 Å². The molecule has 1 saturated heterocycles. The molecule has 7 heteroatoms. The van der Waals surface area contributed by atoms with Crippen LogP contribution in [-0.2, 0) is 11.3 Å². The number of aromatic nitrogens is 2. The van der Waals surface area contributed by atoms with E-state index in [2.05, 4.69) is 14.9 Å². The number of thiophene rings is 1. The van der Waals surface area contributed by atoms with Crippen LogP contribution in [0.25, 0.3) is 21.3 Å². The van der Waals surface area contributed by atoms with Gasteiger partial charge in [-0.05, 0) is 24.9 Å². The van der Waals surface area contributed by atoms with Gasteiger partial charge in [0.2, 0.25) is 5.91 Å². The predicted molar refractivity (Wildman–Crippen MR) is 103 cm³/mol. The third kappa shape index (κ3) is 3.27.